The Labute approximate surface area is 205 Å². The quantitative estimate of drug-likeness (QED) is 0.292. The molecule has 1 heterocycles. The summed E-state index contributed by atoms with van der Waals surface area (Å²) < 4.78 is 29.0. The van der Waals surface area contributed by atoms with E-state index in [0.29, 0.717) is 19.1 Å². The Balaban J connectivity index is 1.53. The molecule has 1 amide bonds. The van der Waals surface area contributed by atoms with Gasteiger partial charge in [-0.1, -0.05) is 68.8 Å². The monoisotopic (exact) mass is 491 g/mol. The molecule has 0 radical (unpaired) electrons. The minimum atomic E-state index is -3.98. The topological polar surface area (TPSA) is 108 Å². The fraction of sp³-hybridized carbons (Fsp3) is 0.259. The normalized spacial score (nSPS) is 14.5. The zero-order valence-corrected chi connectivity index (χ0v) is 20.5. The van der Waals surface area contributed by atoms with Gasteiger partial charge in [-0.3, -0.25) is 4.79 Å². The summed E-state index contributed by atoms with van der Waals surface area (Å²) in [6, 6.07) is 18.2. The lowest BCUT2D eigenvalue weighted by atomic mass is 9.98. The molecule has 0 saturated carbocycles. The molecule has 0 aliphatic heterocycles. The minimum absolute atomic E-state index is 0.0861. The number of hydrogen-bond donors (Lipinski definition) is 3. The van der Waals surface area contributed by atoms with Crippen molar-refractivity contribution in [2.24, 2.45) is 5.92 Å². The third kappa shape index (κ3) is 5.44. The predicted octanol–water partition coefficient (Wildman–Crippen LogP) is 3.94. The number of aldehydes is 1. The first-order chi connectivity index (χ1) is 16.8. The number of rotatable bonds is 10. The van der Waals surface area contributed by atoms with Gasteiger partial charge < -0.3 is 15.1 Å². The van der Waals surface area contributed by atoms with Crippen molar-refractivity contribution in [1.29, 1.82) is 0 Å². The van der Waals surface area contributed by atoms with Crippen molar-refractivity contribution in [2.45, 2.75) is 43.7 Å². The molecule has 7 nitrogen and oxygen atoms in total. The third-order valence-corrected chi connectivity index (χ3v) is 7.85. The average Bonchev–Trinajstić information content (AvgIpc) is 3.28. The van der Waals surface area contributed by atoms with Crippen molar-refractivity contribution in [2.75, 3.05) is 0 Å². The van der Waals surface area contributed by atoms with Crippen molar-refractivity contribution in [1.82, 2.24) is 15.0 Å². The van der Waals surface area contributed by atoms with Crippen LogP contribution >= 0.6 is 0 Å². The maximum Gasteiger partial charge on any atom is 0.241 e. The van der Waals surface area contributed by atoms with Gasteiger partial charge in [-0.15, -0.1) is 0 Å². The van der Waals surface area contributed by atoms with E-state index in [2.05, 4.69) is 15.0 Å². The maximum absolute atomic E-state index is 13.2. The van der Waals surface area contributed by atoms with E-state index in [0.717, 1.165) is 27.2 Å². The number of fused-ring (bicyclic) bond motifs is 2. The van der Waals surface area contributed by atoms with Gasteiger partial charge in [0.05, 0.1) is 10.9 Å². The molecule has 4 rings (SSSR count). The van der Waals surface area contributed by atoms with Crippen LogP contribution in [0.5, 0.6) is 0 Å². The van der Waals surface area contributed by atoms with E-state index in [-0.39, 0.29) is 10.8 Å². The van der Waals surface area contributed by atoms with Gasteiger partial charge in [0.25, 0.3) is 0 Å². The molecule has 0 bridgehead atoms. The van der Waals surface area contributed by atoms with Crippen LogP contribution in [0, 0.1) is 5.92 Å². The zero-order chi connectivity index (χ0) is 25.0. The SMILES string of the molecule is CC[C@@H](C)[C@H](NS(=O)(=O)c1ccc2ccccc2c1)C(=O)N[C@@H](C=O)Cc1c[nH]c2ccccc12. The fourth-order valence-electron chi connectivity index (χ4n) is 4.18. The smallest absolute Gasteiger partial charge is 0.241 e. The molecule has 0 fully saturated rings. The summed E-state index contributed by atoms with van der Waals surface area (Å²) in [6.45, 7) is 3.70. The largest absolute Gasteiger partial charge is 0.361 e. The number of H-pyrrole nitrogens is 1. The standard InChI is InChI=1S/C27H29N3O4S/c1-3-18(2)26(30-35(33,34)23-13-12-19-8-4-5-9-20(19)15-23)27(32)29-22(17-31)14-21-16-28-25-11-7-6-10-24(21)25/h4-13,15-18,22,26,28,30H,3,14H2,1-2H3,(H,29,32)/t18-,22-,26+/m1/s1. The average molecular weight is 492 g/mol. The van der Waals surface area contributed by atoms with Crippen molar-refractivity contribution < 1.29 is 18.0 Å². The van der Waals surface area contributed by atoms with Gasteiger partial charge >= 0.3 is 0 Å². The molecule has 4 aromatic rings. The Morgan fingerprint density at radius 1 is 1.03 bits per heavy atom. The number of carbonyl (C=O) groups is 2. The molecule has 0 spiro atoms. The predicted molar refractivity (Wildman–Crippen MR) is 138 cm³/mol. The van der Waals surface area contributed by atoms with Crippen LogP contribution in [-0.4, -0.2) is 37.7 Å². The lowest BCUT2D eigenvalue weighted by Crippen LogP contribution is -2.53. The van der Waals surface area contributed by atoms with Gasteiger partial charge in [-0.2, -0.15) is 4.72 Å². The Kier molecular flexibility index (Phi) is 7.33. The number of sulfonamides is 1. The summed E-state index contributed by atoms with van der Waals surface area (Å²) in [5.74, 6) is -0.814. The molecule has 3 atom stereocenters. The van der Waals surface area contributed by atoms with Crippen LogP contribution in [0.1, 0.15) is 25.8 Å². The highest BCUT2D eigenvalue weighted by Crippen LogP contribution is 2.21. The summed E-state index contributed by atoms with van der Waals surface area (Å²) in [7, 11) is -3.98. The van der Waals surface area contributed by atoms with E-state index in [4.69, 9.17) is 0 Å². The lowest BCUT2D eigenvalue weighted by Gasteiger charge is -2.25. The second-order valence-corrected chi connectivity index (χ2v) is 10.5. The highest BCUT2D eigenvalue weighted by Gasteiger charge is 2.31. The van der Waals surface area contributed by atoms with Crippen LogP contribution in [0.15, 0.2) is 77.8 Å². The van der Waals surface area contributed by atoms with Crippen LogP contribution in [0.2, 0.25) is 0 Å². The number of para-hydroxylation sites is 1. The number of aromatic amines is 1. The molecule has 1 aromatic heterocycles. The summed E-state index contributed by atoms with van der Waals surface area (Å²) in [6.07, 6.45) is 3.38. The van der Waals surface area contributed by atoms with Crippen molar-refractivity contribution in [3.05, 3.63) is 78.5 Å². The number of aromatic nitrogens is 1. The number of nitrogens with one attached hydrogen (secondary N) is 3. The van der Waals surface area contributed by atoms with Gasteiger partial charge in [0.1, 0.15) is 12.3 Å². The number of amides is 1. The van der Waals surface area contributed by atoms with Crippen LogP contribution in [0.25, 0.3) is 21.7 Å². The Hall–Kier alpha value is -3.49. The number of carbonyl (C=O) groups excluding carboxylic acids is 2. The van der Waals surface area contributed by atoms with Gasteiger partial charge in [-0.05, 0) is 40.5 Å². The highest BCUT2D eigenvalue weighted by molar-refractivity contribution is 7.89. The molecule has 0 saturated heterocycles. The first kappa shape index (κ1) is 24.6. The molecule has 182 valence electrons. The van der Waals surface area contributed by atoms with Gasteiger partial charge in [0.15, 0.2) is 0 Å². The van der Waals surface area contributed by atoms with Crippen molar-refractivity contribution in [3.63, 3.8) is 0 Å². The summed E-state index contributed by atoms with van der Waals surface area (Å²) >= 11 is 0. The Morgan fingerprint density at radius 2 is 1.74 bits per heavy atom. The van der Waals surface area contributed by atoms with Crippen LogP contribution < -0.4 is 10.0 Å². The van der Waals surface area contributed by atoms with Crippen molar-refractivity contribution in [3.8, 4) is 0 Å². The Morgan fingerprint density at radius 3 is 2.49 bits per heavy atom. The van der Waals surface area contributed by atoms with E-state index < -0.39 is 28.0 Å². The van der Waals surface area contributed by atoms with Crippen LogP contribution in [-0.2, 0) is 26.0 Å². The second kappa shape index (κ2) is 10.4. The van der Waals surface area contributed by atoms with E-state index in [9.17, 15) is 18.0 Å². The highest BCUT2D eigenvalue weighted by atomic mass is 32.2. The van der Waals surface area contributed by atoms with Crippen LogP contribution in [0.3, 0.4) is 0 Å². The van der Waals surface area contributed by atoms with Gasteiger partial charge in [0, 0.05) is 23.5 Å². The molecular weight excluding hydrogens is 462 g/mol. The second-order valence-electron chi connectivity index (χ2n) is 8.81. The molecule has 35 heavy (non-hydrogen) atoms. The van der Waals surface area contributed by atoms with Gasteiger partial charge in [0.2, 0.25) is 15.9 Å². The molecule has 0 aliphatic carbocycles. The van der Waals surface area contributed by atoms with E-state index >= 15 is 0 Å². The first-order valence-corrected chi connectivity index (χ1v) is 13.1. The molecule has 3 N–H and O–H groups in total. The number of hydrogen-bond acceptors (Lipinski definition) is 4. The zero-order valence-electron chi connectivity index (χ0n) is 19.7. The Bertz CT molecular complexity index is 1460. The maximum atomic E-state index is 13.2. The van der Waals surface area contributed by atoms with Gasteiger partial charge in [-0.25, -0.2) is 8.42 Å². The first-order valence-electron chi connectivity index (χ1n) is 11.6. The molecule has 3 aromatic carbocycles. The van der Waals surface area contributed by atoms with Crippen molar-refractivity contribution >= 4 is 43.9 Å². The molecule has 8 heteroatoms. The third-order valence-electron chi connectivity index (χ3n) is 6.42. The summed E-state index contributed by atoms with van der Waals surface area (Å²) in [5, 5.41) is 5.43. The van der Waals surface area contributed by atoms with E-state index in [1.807, 2.05) is 68.6 Å². The fourth-order valence-corrected chi connectivity index (χ4v) is 5.52. The number of benzene rings is 3. The van der Waals surface area contributed by atoms with E-state index in [1.165, 1.54) is 6.07 Å². The van der Waals surface area contributed by atoms with Crippen LogP contribution in [0.4, 0.5) is 0 Å². The minimum Gasteiger partial charge on any atom is -0.361 e. The summed E-state index contributed by atoms with van der Waals surface area (Å²) in [5.41, 5.74) is 1.84. The summed E-state index contributed by atoms with van der Waals surface area (Å²) in [4.78, 5) is 28.3. The molecule has 0 aliphatic rings. The lowest BCUT2D eigenvalue weighted by molar-refractivity contribution is -0.126. The molecular formula is C27H29N3O4S. The van der Waals surface area contributed by atoms with E-state index in [1.54, 1.807) is 12.1 Å². The molecule has 0 unspecified atom stereocenters.